The molecule has 1 aromatic rings. The SMILES string of the molecule is CCn1c(C)cc(C=C[N+](=O)[O-])c1C. The molecular weight excluding hydrogens is 180 g/mol. The van der Waals surface area contributed by atoms with Gasteiger partial charge < -0.3 is 4.57 Å². The van der Waals surface area contributed by atoms with Crippen LogP contribution in [0, 0.1) is 24.0 Å². The van der Waals surface area contributed by atoms with E-state index in [0.717, 1.165) is 29.7 Å². The van der Waals surface area contributed by atoms with E-state index in [1.807, 2.05) is 19.9 Å². The standard InChI is InChI=1S/C10H14N2O2/c1-4-11-8(2)7-10(9(11)3)5-6-12(13)14/h5-7H,4H2,1-3H3. The van der Waals surface area contributed by atoms with E-state index in [2.05, 4.69) is 11.5 Å². The Kier molecular flexibility index (Phi) is 3.06. The number of rotatable bonds is 3. The van der Waals surface area contributed by atoms with Crippen molar-refractivity contribution in [2.24, 2.45) is 0 Å². The van der Waals surface area contributed by atoms with Gasteiger partial charge in [-0.05, 0) is 26.8 Å². The van der Waals surface area contributed by atoms with Crippen molar-refractivity contribution >= 4 is 6.08 Å². The van der Waals surface area contributed by atoms with Crippen molar-refractivity contribution in [1.29, 1.82) is 0 Å². The fraction of sp³-hybridized carbons (Fsp3) is 0.400. The summed E-state index contributed by atoms with van der Waals surface area (Å²) in [7, 11) is 0. The molecular formula is C10H14N2O2. The van der Waals surface area contributed by atoms with Crippen LogP contribution in [-0.4, -0.2) is 9.49 Å². The molecule has 0 spiro atoms. The molecule has 0 radical (unpaired) electrons. The highest BCUT2D eigenvalue weighted by atomic mass is 16.6. The van der Waals surface area contributed by atoms with E-state index in [1.165, 1.54) is 6.08 Å². The maximum atomic E-state index is 10.2. The smallest absolute Gasteiger partial charge is 0.235 e. The molecule has 1 aromatic heterocycles. The summed E-state index contributed by atoms with van der Waals surface area (Å²) in [6.07, 6.45) is 2.51. The largest absolute Gasteiger partial charge is 0.349 e. The zero-order valence-corrected chi connectivity index (χ0v) is 8.65. The van der Waals surface area contributed by atoms with Gasteiger partial charge in [0.05, 0.1) is 4.92 Å². The van der Waals surface area contributed by atoms with Crippen LogP contribution in [0.15, 0.2) is 12.3 Å². The Morgan fingerprint density at radius 3 is 2.64 bits per heavy atom. The molecule has 0 bridgehead atoms. The quantitative estimate of drug-likeness (QED) is 0.547. The van der Waals surface area contributed by atoms with Gasteiger partial charge in [-0.2, -0.15) is 0 Å². The van der Waals surface area contributed by atoms with Crippen molar-refractivity contribution in [2.75, 3.05) is 0 Å². The summed E-state index contributed by atoms with van der Waals surface area (Å²) < 4.78 is 2.12. The molecule has 1 rings (SSSR count). The zero-order valence-electron chi connectivity index (χ0n) is 8.65. The zero-order chi connectivity index (χ0) is 10.7. The minimum absolute atomic E-state index is 0.446. The van der Waals surface area contributed by atoms with Crippen molar-refractivity contribution in [2.45, 2.75) is 27.3 Å². The first-order chi connectivity index (χ1) is 6.56. The van der Waals surface area contributed by atoms with E-state index >= 15 is 0 Å². The van der Waals surface area contributed by atoms with Crippen LogP contribution in [0.5, 0.6) is 0 Å². The fourth-order valence-corrected chi connectivity index (χ4v) is 1.62. The van der Waals surface area contributed by atoms with Crippen LogP contribution in [0.4, 0.5) is 0 Å². The third-order valence-corrected chi connectivity index (χ3v) is 2.30. The van der Waals surface area contributed by atoms with E-state index in [-0.39, 0.29) is 0 Å². The fourth-order valence-electron chi connectivity index (χ4n) is 1.62. The predicted octanol–water partition coefficient (Wildman–Crippen LogP) is 2.37. The molecule has 0 aliphatic rings. The summed E-state index contributed by atoms with van der Waals surface area (Å²) in [5.74, 6) is 0. The van der Waals surface area contributed by atoms with Gasteiger partial charge in [0.15, 0.2) is 0 Å². The lowest BCUT2D eigenvalue weighted by molar-refractivity contribution is -0.400. The number of aromatic nitrogens is 1. The molecule has 1 heterocycles. The number of aryl methyl sites for hydroxylation is 1. The molecule has 0 saturated carbocycles. The van der Waals surface area contributed by atoms with Crippen LogP contribution in [0.2, 0.25) is 0 Å². The number of hydrogen-bond donors (Lipinski definition) is 0. The molecule has 0 saturated heterocycles. The van der Waals surface area contributed by atoms with Crippen LogP contribution in [0.1, 0.15) is 23.9 Å². The van der Waals surface area contributed by atoms with Crippen molar-refractivity contribution in [3.63, 3.8) is 0 Å². The Labute approximate surface area is 83.0 Å². The van der Waals surface area contributed by atoms with E-state index in [4.69, 9.17) is 0 Å². The average molecular weight is 194 g/mol. The van der Waals surface area contributed by atoms with Crippen LogP contribution < -0.4 is 0 Å². The molecule has 0 aliphatic heterocycles. The van der Waals surface area contributed by atoms with Gasteiger partial charge in [-0.25, -0.2) is 0 Å². The molecule has 4 nitrogen and oxygen atoms in total. The van der Waals surface area contributed by atoms with Gasteiger partial charge in [-0.3, -0.25) is 10.1 Å². The second kappa shape index (κ2) is 4.09. The highest BCUT2D eigenvalue weighted by Crippen LogP contribution is 2.16. The molecule has 14 heavy (non-hydrogen) atoms. The van der Waals surface area contributed by atoms with Gasteiger partial charge >= 0.3 is 0 Å². The molecule has 0 atom stereocenters. The second-order valence-corrected chi connectivity index (χ2v) is 3.17. The van der Waals surface area contributed by atoms with E-state index < -0.39 is 4.92 Å². The van der Waals surface area contributed by atoms with Gasteiger partial charge in [-0.15, -0.1) is 0 Å². The number of nitrogens with zero attached hydrogens (tertiary/aromatic N) is 2. The average Bonchev–Trinajstić information content (AvgIpc) is 2.38. The maximum Gasteiger partial charge on any atom is 0.235 e. The first-order valence-electron chi connectivity index (χ1n) is 4.54. The van der Waals surface area contributed by atoms with Crippen LogP contribution in [0.25, 0.3) is 6.08 Å². The molecule has 0 fully saturated rings. The summed E-state index contributed by atoms with van der Waals surface area (Å²) in [5.41, 5.74) is 3.12. The van der Waals surface area contributed by atoms with Crippen LogP contribution in [-0.2, 0) is 6.54 Å². The lowest BCUT2D eigenvalue weighted by Crippen LogP contribution is -1.98. The second-order valence-electron chi connectivity index (χ2n) is 3.17. The third-order valence-electron chi connectivity index (χ3n) is 2.30. The Balaban J connectivity index is 3.05. The van der Waals surface area contributed by atoms with Gasteiger partial charge in [0.25, 0.3) is 0 Å². The van der Waals surface area contributed by atoms with E-state index in [0.29, 0.717) is 0 Å². The van der Waals surface area contributed by atoms with Crippen molar-refractivity contribution < 1.29 is 4.92 Å². The Morgan fingerprint density at radius 1 is 1.57 bits per heavy atom. The lowest BCUT2D eigenvalue weighted by Gasteiger charge is -2.03. The summed E-state index contributed by atoms with van der Waals surface area (Å²) in [6.45, 7) is 6.92. The normalized spacial score (nSPS) is 11.1. The first-order valence-corrected chi connectivity index (χ1v) is 4.54. The number of hydrogen-bond acceptors (Lipinski definition) is 2. The van der Waals surface area contributed by atoms with Gasteiger partial charge in [0.2, 0.25) is 6.20 Å². The third kappa shape index (κ3) is 2.02. The van der Waals surface area contributed by atoms with Gasteiger partial charge in [0.1, 0.15) is 0 Å². The molecule has 0 aromatic carbocycles. The molecule has 0 unspecified atom stereocenters. The lowest BCUT2D eigenvalue weighted by atomic mass is 10.2. The van der Waals surface area contributed by atoms with Gasteiger partial charge in [0, 0.05) is 29.6 Å². The highest BCUT2D eigenvalue weighted by molar-refractivity contribution is 5.52. The van der Waals surface area contributed by atoms with Crippen molar-refractivity contribution in [3.05, 3.63) is 39.3 Å². The summed E-state index contributed by atoms with van der Waals surface area (Å²) >= 11 is 0. The van der Waals surface area contributed by atoms with Crippen LogP contribution >= 0.6 is 0 Å². The summed E-state index contributed by atoms with van der Waals surface area (Å²) in [6, 6.07) is 1.96. The first kappa shape index (κ1) is 10.5. The summed E-state index contributed by atoms with van der Waals surface area (Å²) in [4.78, 5) is 9.71. The van der Waals surface area contributed by atoms with Gasteiger partial charge in [-0.1, -0.05) is 0 Å². The molecule has 0 amide bonds. The molecule has 76 valence electrons. The van der Waals surface area contributed by atoms with E-state index in [1.54, 1.807) is 0 Å². The summed E-state index contributed by atoms with van der Waals surface area (Å²) in [5, 5.41) is 10.2. The van der Waals surface area contributed by atoms with Crippen LogP contribution in [0.3, 0.4) is 0 Å². The Bertz CT molecular complexity index is 378. The Hall–Kier alpha value is -1.58. The van der Waals surface area contributed by atoms with E-state index in [9.17, 15) is 10.1 Å². The van der Waals surface area contributed by atoms with Crippen molar-refractivity contribution in [1.82, 2.24) is 4.57 Å². The Morgan fingerprint density at radius 2 is 2.21 bits per heavy atom. The molecule has 0 N–H and O–H groups in total. The monoisotopic (exact) mass is 194 g/mol. The molecule has 4 heteroatoms. The highest BCUT2D eigenvalue weighted by Gasteiger charge is 2.05. The number of nitro groups is 1. The molecule has 0 aliphatic carbocycles. The van der Waals surface area contributed by atoms with Crippen molar-refractivity contribution in [3.8, 4) is 0 Å². The topological polar surface area (TPSA) is 48.1 Å². The minimum atomic E-state index is -0.446. The maximum absolute atomic E-state index is 10.2. The predicted molar refractivity (Wildman–Crippen MR) is 55.6 cm³/mol. The minimum Gasteiger partial charge on any atom is -0.349 e.